The van der Waals surface area contributed by atoms with Crippen LogP contribution in [0.3, 0.4) is 0 Å². The van der Waals surface area contributed by atoms with Gasteiger partial charge in [-0.3, -0.25) is 0 Å². The minimum absolute atomic E-state index is 0.00615. The molecule has 0 saturated heterocycles. The molecule has 0 bridgehead atoms. The summed E-state index contributed by atoms with van der Waals surface area (Å²) in [6.45, 7) is 2.37. The summed E-state index contributed by atoms with van der Waals surface area (Å²) in [5.74, 6) is 2.55. The monoisotopic (exact) mass is 189 g/mol. The summed E-state index contributed by atoms with van der Waals surface area (Å²) in [6.07, 6.45) is 4.71. The van der Waals surface area contributed by atoms with Crippen molar-refractivity contribution in [2.45, 2.75) is 19.1 Å². The quantitative estimate of drug-likeness (QED) is 0.700. The van der Waals surface area contributed by atoms with Crippen LogP contribution in [0.25, 0.3) is 0 Å². The van der Waals surface area contributed by atoms with Crippen molar-refractivity contribution in [3.63, 3.8) is 0 Å². The van der Waals surface area contributed by atoms with E-state index in [1.807, 2.05) is 37.3 Å². The first-order chi connectivity index (χ1) is 6.74. The number of aliphatic hydroxyl groups is 1. The molecule has 0 aliphatic rings. The van der Waals surface area contributed by atoms with E-state index in [1.165, 1.54) is 0 Å². The molecule has 74 valence electrons. The van der Waals surface area contributed by atoms with E-state index in [0.29, 0.717) is 6.54 Å². The number of benzene rings is 1. The maximum atomic E-state index is 9.73. The maximum Gasteiger partial charge on any atom is 0.0914 e. The van der Waals surface area contributed by atoms with E-state index in [0.717, 1.165) is 5.56 Å². The third kappa shape index (κ3) is 3.21. The van der Waals surface area contributed by atoms with E-state index in [4.69, 9.17) is 6.42 Å². The largest absolute Gasteiger partial charge is 0.387 e. The van der Waals surface area contributed by atoms with Crippen LogP contribution in [-0.4, -0.2) is 17.7 Å². The first kappa shape index (κ1) is 10.8. The number of hydrogen-bond donors (Lipinski definition) is 2. The van der Waals surface area contributed by atoms with Crippen LogP contribution in [0, 0.1) is 12.3 Å². The second kappa shape index (κ2) is 5.43. The lowest BCUT2D eigenvalue weighted by Crippen LogP contribution is -2.29. The summed E-state index contributed by atoms with van der Waals surface area (Å²) in [5, 5.41) is 12.8. The molecule has 2 atom stereocenters. The molecule has 0 fully saturated rings. The molecule has 1 rings (SSSR count). The minimum atomic E-state index is -0.494. The summed E-state index contributed by atoms with van der Waals surface area (Å²) >= 11 is 0. The van der Waals surface area contributed by atoms with Crippen LogP contribution in [0.15, 0.2) is 30.3 Å². The van der Waals surface area contributed by atoms with Gasteiger partial charge in [0.1, 0.15) is 0 Å². The normalized spacial score (nSPS) is 14.4. The van der Waals surface area contributed by atoms with Crippen LogP contribution >= 0.6 is 0 Å². The zero-order valence-corrected chi connectivity index (χ0v) is 8.27. The SMILES string of the molecule is C#CC(C)NCC(O)c1ccccc1. The molecule has 0 aliphatic carbocycles. The summed E-state index contributed by atoms with van der Waals surface area (Å²) in [5.41, 5.74) is 0.907. The Hall–Kier alpha value is -1.30. The van der Waals surface area contributed by atoms with Crippen molar-refractivity contribution in [3.05, 3.63) is 35.9 Å². The van der Waals surface area contributed by atoms with Crippen LogP contribution in [0.1, 0.15) is 18.6 Å². The van der Waals surface area contributed by atoms with Crippen molar-refractivity contribution >= 4 is 0 Å². The predicted octanol–water partition coefficient (Wildman–Crippen LogP) is 1.33. The van der Waals surface area contributed by atoms with Crippen molar-refractivity contribution in [1.29, 1.82) is 0 Å². The van der Waals surface area contributed by atoms with Crippen LogP contribution in [0.2, 0.25) is 0 Å². The fraction of sp³-hybridized carbons (Fsp3) is 0.333. The molecule has 0 amide bonds. The Bertz CT molecular complexity index is 302. The van der Waals surface area contributed by atoms with Crippen LogP contribution < -0.4 is 5.32 Å². The number of aliphatic hydroxyl groups excluding tert-OH is 1. The molecule has 1 aromatic carbocycles. The lowest BCUT2D eigenvalue weighted by atomic mass is 10.1. The zero-order chi connectivity index (χ0) is 10.4. The van der Waals surface area contributed by atoms with Gasteiger partial charge in [0.05, 0.1) is 12.1 Å². The molecule has 0 radical (unpaired) electrons. The van der Waals surface area contributed by atoms with E-state index in [9.17, 15) is 5.11 Å². The van der Waals surface area contributed by atoms with E-state index >= 15 is 0 Å². The minimum Gasteiger partial charge on any atom is -0.387 e. The standard InChI is InChI=1S/C12H15NO/c1-3-10(2)13-9-12(14)11-7-5-4-6-8-11/h1,4-8,10,12-14H,9H2,2H3. The fourth-order valence-corrected chi connectivity index (χ4v) is 1.14. The van der Waals surface area contributed by atoms with E-state index < -0.39 is 6.10 Å². The van der Waals surface area contributed by atoms with Crippen molar-refractivity contribution in [2.24, 2.45) is 0 Å². The molecular weight excluding hydrogens is 174 g/mol. The lowest BCUT2D eigenvalue weighted by Gasteiger charge is -2.13. The van der Waals surface area contributed by atoms with Gasteiger partial charge in [0.15, 0.2) is 0 Å². The van der Waals surface area contributed by atoms with Gasteiger partial charge >= 0.3 is 0 Å². The molecule has 14 heavy (non-hydrogen) atoms. The molecule has 0 saturated carbocycles. The van der Waals surface area contributed by atoms with Gasteiger partial charge < -0.3 is 10.4 Å². The van der Waals surface area contributed by atoms with Gasteiger partial charge in [-0.2, -0.15) is 0 Å². The zero-order valence-electron chi connectivity index (χ0n) is 8.27. The molecule has 1 aromatic rings. The van der Waals surface area contributed by atoms with Crippen molar-refractivity contribution in [2.75, 3.05) is 6.54 Å². The third-order valence-corrected chi connectivity index (χ3v) is 2.05. The average Bonchev–Trinajstić information content (AvgIpc) is 2.26. The number of nitrogens with one attached hydrogen (secondary N) is 1. The maximum absolute atomic E-state index is 9.73. The number of terminal acetylenes is 1. The van der Waals surface area contributed by atoms with Gasteiger partial charge in [0.25, 0.3) is 0 Å². The van der Waals surface area contributed by atoms with Gasteiger partial charge in [-0.25, -0.2) is 0 Å². The average molecular weight is 189 g/mol. The van der Waals surface area contributed by atoms with Crippen molar-refractivity contribution in [1.82, 2.24) is 5.32 Å². The predicted molar refractivity (Wildman–Crippen MR) is 57.7 cm³/mol. The van der Waals surface area contributed by atoms with E-state index in [-0.39, 0.29) is 6.04 Å². The summed E-state index contributed by atoms with van der Waals surface area (Å²) in [4.78, 5) is 0. The lowest BCUT2D eigenvalue weighted by molar-refractivity contribution is 0.173. The van der Waals surface area contributed by atoms with Crippen molar-refractivity contribution < 1.29 is 5.11 Å². The van der Waals surface area contributed by atoms with Gasteiger partial charge in [0, 0.05) is 6.54 Å². The molecule has 2 nitrogen and oxygen atoms in total. The van der Waals surface area contributed by atoms with Gasteiger partial charge in [-0.05, 0) is 12.5 Å². The van der Waals surface area contributed by atoms with E-state index in [1.54, 1.807) is 0 Å². The van der Waals surface area contributed by atoms with Crippen LogP contribution in [0.4, 0.5) is 0 Å². The summed E-state index contributed by atoms with van der Waals surface area (Å²) < 4.78 is 0. The molecule has 0 aliphatic heterocycles. The van der Waals surface area contributed by atoms with Gasteiger partial charge in [0.2, 0.25) is 0 Å². The molecule has 2 N–H and O–H groups in total. The van der Waals surface area contributed by atoms with Gasteiger partial charge in [-0.1, -0.05) is 36.3 Å². The van der Waals surface area contributed by atoms with Crippen LogP contribution in [-0.2, 0) is 0 Å². The highest BCUT2D eigenvalue weighted by Gasteiger charge is 2.06. The summed E-state index contributed by atoms with van der Waals surface area (Å²) in [7, 11) is 0. The Labute approximate surface area is 85.0 Å². The Morgan fingerprint density at radius 2 is 2.07 bits per heavy atom. The number of hydrogen-bond acceptors (Lipinski definition) is 2. The fourth-order valence-electron chi connectivity index (χ4n) is 1.14. The highest BCUT2D eigenvalue weighted by Crippen LogP contribution is 2.10. The van der Waals surface area contributed by atoms with E-state index in [2.05, 4.69) is 11.2 Å². The molecule has 2 unspecified atom stereocenters. The molecule has 0 aromatic heterocycles. The van der Waals surface area contributed by atoms with Crippen LogP contribution in [0.5, 0.6) is 0 Å². The summed E-state index contributed by atoms with van der Waals surface area (Å²) in [6, 6.07) is 9.52. The Morgan fingerprint density at radius 3 is 2.64 bits per heavy atom. The smallest absolute Gasteiger partial charge is 0.0914 e. The Kier molecular flexibility index (Phi) is 4.18. The second-order valence-electron chi connectivity index (χ2n) is 3.22. The highest BCUT2D eigenvalue weighted by molar-refractivity contribution is 5.17. The first-order valence-electron chi connectivity index (χ1n) is 4.66. The number of rotatable bonds is 4. The second-order valence-corrected chi connectivity index (χ2v) is 3.22. The van der Waals surface area contributed by atoms with Gasteiger partial charge in [-0.15, -0.1) is 6.42 Å². The van der Waals surface area contributed by atoms with Crippen molar-refractivity contribution in [3.8, 4) is 12.3 Å². The molecular formula is C12H15NO. The molecule has 0 spiro atoms. The Morgan fingerprint density at radius 1 is 1.43 bits per heavy atom. The highest BCUT2D eigenvalue weighted by atomic mass is 16.3. The topological polar surface area (TPSA) is 32.3 Å². The Balaban J connectivity index is 2.44. The molecule has 2 heteroatoms. The third-order valence-electron chi connectivity index (χ3n) is 2.05. The molecule has 0 heterocycles. The first-order valence-corrected chi connectivity index (χ1v) is 4.66.